The maximum atomic E-state index is 12.4. The van der Waals surface area contributed by atoms with Gasteiger partial charge < -0.3 is 0 Å². The van der Waals surface area contributed by atoms with E-state index in [1.54, 1.807) is 19.9 Å². The highest BCUT2D eigenvalue weighted by Crippen LogP contribution is 2.23. The van der Waals surface area contributed by atoms with Crippen LogP contribution in [0.1, 0.15) is 41.0 Å². The maximum absolute atomic E-state index is 12.4. The van der Waals surface area contributed by atoms with Crippen LogP contribution in [0.25, 0.3) is 0 Å². The molecule has 116 valence electrons. The first-order valence-electron chi connectivity index (χ1n) is 7.06. The molecule has 21 heavy (non-hydrogen) atoms. The van der Waals surface area contributed by atoms with E-state index in [-0.39, 0.29) is 11.7 Å². The van der Waals surface area contributed by atoms with Crippen LogP contribution in [0.4, 0.5) is 0 Å². The second-order valence-electron chi connectivity index (χ2n) is 5.74. The van der Waals surface area contributed by atoms with Gasteiger partial charge >= 0.3 is 0 Å². The van der Waals surface area contributed by atoms with E-state index in [1.807, 2.05) is 0 Å². The largest absolute Gasteiger partial charge is 0.294 e. The van der Waals surface area contributed by atoms with E-state index in [9.17, 15) is 13.2 Å². The first-order chi connectivity index (χ1) is 9.77. The quantitative estimate of drug-likeness (QED) is 0.784. The number of ketones is 1. The standard InChI is InChI=1S/C14H21N3O3S/c1-10-7-13(11(2)16-15-10)14(18)8-12-5-4-6-17(9-12)21(3,19)20/h7,12H,4-6,8-9H2,1-3H3. The van der Waals surface area contributed by atoms with Gasteiger partial charge in [-0.2, -0.15) is 10.2 Å². The molecule has 1 aromatic heterocycles. The lowest BCUT2D eigenvalue weighted by molar-refractivity contribution is 0.0941. The molecule has 0 N–H and O–H groups in total. The van der Waals surface area contributed by atoms with Crippen molar-refractivity contribution in [1.29, 1.82) is 0 Å². The van der Waals surface area contributed by atoms with Crippen molar-refractivity contribution in [1.82, 2.24) is 14.5 Å². The summed E-state index contributed by atoms with van der Waals surface area (Å²) in [5.74, 6) is 0.0969. The first kappa shape index (κ1) is 16.0. The van der Waals surface area contributed by atoms with Crippen LogP contribution >= 0.6 is 0 Å². The predicted octanol–water partition coefficient (Wildman–Crippen LogP) is 1.34. The van der Waals surface area contributed by atoms with E-state index in [0.29, 0.717) is 36.5 Å². The monoisotopic (exact) mass is 311 g/mol. The Bertz CT molecular complexity index is 643. The summed E-state index contributed by atoms with van der Waals surface area (Å²) in [6, 6.07) is 1.75. The highest BCUT2D eigenvalue weighted by Gasteiger charge is 2.28. The molecule has 6 nitrogen and oxygen atoms in total. The third-order valence-corrected chi connectivity index (χ3v) is 5.10. The van der Waals surface area contributed by atoms with Crippen LogP contribution in [0.15, 0.2) is 6.07 Å². The number of piperidine rings is 1. The summed E-state index contributed by atoms with van der Waals surface area (Å²) in [5.41, 5.74) is 1.94. The summed E-state index contributed by atoms with van der Waals surface area (Å²) in [5, 5.41) is 7.89. The van der Waals surface area contributed by atoms with Gasteiger partial charge in [0.25, 0.3) is 0 Å². The van der Waals surface area contributed by atoms with Gasteiger partial charge in [0.05, 0.1) is 17.6 Å². The molecule has 1 aliphatic rings. The maximum Gasteiger partial charge on any atom is 0.211 e. The van der Waals surface area contributed by atoms with Crippen LogP contribution in [0.2, 0.25) is 0 Å². The Kier molecular flexibility index (Phi) is 4.73. The molecule has 0 radical (unpaired) electrons. The minimum Gasteiger partial charge on any atom is -0.294 e. The van der Waals surface area contributed by atoms with Crippen molar-refractivity contribution < 1.29 is 13.2 Å². The number of Topliss-reactive ketones (excluding diaryl/α,β-unsaturated/α-hetero) is 1. The first-order valence-corrected chi connectivity index (χ1v) is 8.91. The van der Waals surface area contributed by atoms with Crippen LogP contribution in [0.5, 0.6) is 0 Å². The van der Waals surface area contributed by atoms with Crippen LogP contribution in [0.3, 0.4) is 0 Å². The van der Waals surface area contributed by atoms with Gasteiger partial charge in [-0.1, -0.05) is 0 Å². The van der Waals surface area contributed by atoms with Crippen molar-refractivity contribution >= 4 is 15.8 Å². The number of carbonyl (C=O) groups is 1. The van der Waals surface area contributed by atoms with Gasteiger partial charge in [0, 0.05) is 25.1 Å². The smallest absolute Gasteiger partial charge is 0.211 e. The Balaban J connectivity index is 2.07. The SMILES string of the molecule is Cc1cc(C(=O)CC2CCCN(S(C)(=O)=O)C2)c(C)nn1. The molecular weight excluding hydrogens is 290 g/mol. The zero-order valence-electron chi connectivity index (χ0n) is 12.7. The number of rotatable bonds is 4. The number of hydrogen-bond donors (Lipinski definition) is 0. The molecule has 1 aliphatic heterocycles. The summed E-state index contributed by atoms with van der Waals surface area (Å²) >= 11 is 0. The topological polar surface area (TPSA) is 80.2 Å². The summed E-state index contributed by atoms with van der Waals surface area (Å²) in [7, 11) is -3.17. The summed E-state index contributed by atoms with van der Waals surface area (Å²) < 4.78 is 24.7. The van der Waals surface area contributed by atoms with Crippen LogP contribution in [-0.2, 0) is 10.0 Å². The molecule has 0 bridgehead atoms. The lowest BCUT2D eigenvalue weighted by atomic mass is 9.91. The number of carbonyl (C=O) groups excluding carboxylic acids is 1. The lowest BCUT2D eigenvalue weighted by Crippen LogP contribution is -2.39. The lowest BCUT2D eigenvalue weighted by Gasteiger charge is -2.30. The third-order valence-electron chi connectivity index (χ3n) is 3.83. The zero-order chi connectivity index (χ0) is 15.6. The second kappa shape index (κ2) is 6.19. The Morgan fingerprint density at radius 1 is 1.38 bits per heavy atom. The molecule has 0 spiro atoms. The Morgan fingerprint density at radius 2 is 2.10 bits per heavy atom. The fourth-order valence-corrected chi connectivity index (χ4v) is 3.64. The number of aromatic nitrogens is 2. The van der Waals surface area contributed by atoms with Crippen molar-refractivity contribution in [2.24, 2.45) is 5.92 Å². The molecule has 2 rings (SSSR count). The number of aryl methyl sites for hydroxylation is 2. The van der Waals surface area contributed by atoms with E-state index < -0.39 is 10.0 Å². The van der Waals surface area contributed by atoms with Gasteiger partial charge in [-0.05, 0) is 38.7 Å². The predicted molar refractivity (Wildman–Crippen MR) is 79.6 cm³/mol. The van der Waals surface area contributed by atoms with E-state index >= 15 is 0 Å². The van der Waals surface area contributed by atoms with Gasteiger partial charge in [-0.3, -0.25) is 4.79 Å². The average molecular weight is 311 g/mol. The molecule has 0 amide bonds. The van der Waals surface area contributed by atoms with Crippen molar-refractivity contribution in [3.05, 3.63) is 23.0 Å². The molecule has 0 aromatic carbocycles. The Hall–Kier alpha value is -1.34. The highest BCUT2D eigenvalue weighted by atomic mass is 32.2. The van der Waals surface area contributed by atoms with Crippen molar-refractivity contribution in [2.75, 3.05) is 19.3 Å². The Morgan fingerprint density at radius 3 is 2.76 bits per heavy atom. The van der Waals surface area contributed by atoms with Crippen molar-refractivity contribution in [2.45, 2.75) is 33.1 Å². The van der Waals surface area contributed by atoms with E-state index in [1.165, 1.54) is 10.6 Å². The van der Waals surface area contributed by atoms with E-state index in [0.717, 1.165) is 12.8 Å². The van der Waals surface area contributed by atoms with Crippen molar-refractivity contribution in [3.8, 4) is 0 Å². The van der Waals surface area contributed by atoms with Gasteiger partial charge in [-0.25, -0.2) is 12.7 Å². The average Bonchev–Trinajstić information content (AvgIpc) is 2.41. The molecule has 2 heterocycles. The zero-order valence-corrected chi connectivity index (χ0v) is 13.5. The number of hydrogen-bond acceptors (Lipinski definition) is 5. The summed E-state index contributed by atoms with van der Waals surface area (Å²) in [4.78, 5) is 12.4. The summed E-state index contributed by atoms with van der Waals surface area (Å²) in [6.45, 7) is 4.55. The second-order valence-corrected chi connectivity index (χ2v) is 7.72. The van der Waals surface area contributed by atoms with Gasteiger partial charge in [-0.15, -0.1) is 0 Å². The normalized spacial score (nSPS) is 20.4. The van der Waals surface area contributed by atoms with E-state index in [2.05, 4.69) is 10.2 Å². The van der Waals surface area contributed by atoms with Crippen LogP contribution < -0.4 is 0 Å². The minimum atomic E-state index is -3.17. The van der Waals surface area contributed by atoms with E-state index in [4.69, 9.17) is 0 Å². The van der Waals surface area contributed by atoms with Crippen LogP contribution in [-0.4, -0.2) is 48.0 Å². The van der Waals surface area contributed by atoms with Crippen LogP contribution in [0, 0.1) is 19.8 Å². The van der Waals surface area contributed by atoms with Gasteiger partial charge in [0.1, 0.15) is 0 Å². The molecule has 1 atom stereocenters. The molecule has 7 heteroatoms. The summed E-state index contributed by atoms with van der Waals surface area (Å²) in [6.07, 6.45) is 3.27. The molecule has 1 unspecified atom stereocenters. The molecule has 0 saturated carbocycles. The molecular formula is C14H21N3O3S. The fourth-order valence-electron chi connectivity index (χ4n) is 2.70. The fraction of sp³-hybridized carbons (Fsp3) is 0.643. The third kappa shape index (κ3) is 4.07. The van der Waals surface area contributed by atoms with Crippen molar-refractivity contribution in [3.63, 3.8) is 0 Å². The van der Waals surface area contributed by atoms with Gasteiger partial charge in [0.15, 0.2) is 5.78 Å². The number of sulfonamides is 1. The van der Waals surface area contributed by atoms with Gasteiger partial charge in [0.2, 0.25) is 10.0 Å². The highest BCUT2D eigenvalue weighted by molar-refractivity contribution is 7.88. The molecule has 0 aliphatic carbocycles. The number of nitrogens with zero attached hydrogens (tertiary/aromatic N) is 3. The Labute approximate surface area is 125 Å². The molecule has 1 fully saturated rings. The molecule has 1 aromatic rings. The minimum absolute atomic E-state index is 0.0193. The molecule has 1 saturated heterocycles.